The molecule has 1 aromatic heterocycles. The van der Waals surface area contributed by atoms with Crippen LogP contribution >= 0.6 is 11.3 Å². The second-order valence-corrected chi connectivity index (χ2v) is 6.33. The highest BCUT2D eigenvalue weighted by Gasteiger charge is 2.18. The van der Waals surface area contributed by atoms with Crippen LogP contribution in [0.3, 0.4) is 0 Å². The highest BCUT2D eigenvalue weighted by Crippen LogP contribution is 2.14. The normalized spacial score (nSPS) is 12.9. The fraction of sp³-hybridized carbons (Fsp3) is 0.333. The van der Waals surface area contributed by atoms with Crippen molar-refractivity contribution < 1.29 is 23.1 Å². The topological polar surface area (TPSA) is 113 Å². The van der Waals surface area contributed by atoms with E-state index in [9.17, 15) is 18.0 Å². The molecule has 1 heterocycles. The van der Waals surface area contributed by atoms with Gasteiger partial charge in [-0.05, 0) is 18.4 Å². The van der Waals surface area contributed by atoms with Crippen molar-refractivity contribution in [2.75, 3.05) is 6.54 Å². The standard InChI is InChI=1S/C9H12N2O5S2/c1-6(9(13)14)11-7(12)5-10-18(15,16)8-3-2-4-17-8/h2-4,6,10H,5H2,1H3,(H,11,12)(H,13,14)/t6-/m1/s1. The summed E-state index contributed by atoms with van der Waals surface area (Å²) < 4.78 is 25.4. The molecule has 0 aliphatic carbocycles. The van der Waals surface area contributed by atoms with Gasteiger partial charge in [0.25, 0.3) is 10.0 Å². The average molecular weight is 292 g/mol. The second kappa shape index (κ2) is 5.94. The summed E-state index contributed by atoms with van der Waals surface area (Å²) in [6.07, 6.45) is 0. The second-order valence-electron chi connectivity index (χ2n) is 3.38. The van der Waals surface area contributed by atoms with Gasteiger partial charge in [0.2, 0.25) is 5.91 Å². The van der Waals surface area contributed by atoms with Gasteiger partial charge in [-0.15, -0.1) is 11.3 Å². The lowest BCUT2D eigenvalue weighted by Crippen LogP contribution is -2.43. The van der Waals surface area contributed by atoms with Gasteiger partial charge in [0.15, 0.2) is 0 Å². The van der Waals surface area contributed by atoms with Crippen LogP contribution in [0.4, 0.5) is 0 Å². The van der Waals surface area contributed by atoms with Gasteiger partial charge in [0.05, 0.1) is 6.54 Å². The molecule has 7 nitrogen and oxygen atoms in total. The summed E-state index contributed by atoms with van der Waals surface area (Å²) in [7, 11) is -3.71. The first kappa shape index (κ1) is 14.6. The van der Waals surface area contributed by atoms with Crippen LogP contribution in [0.25, 0.3) is 0 Å². The monoisotopic (exact) mass is 292 g/mol. The predicted octanol–water partition coefficient (Wildman–Crippen LogP) is -0.384. The predicted molar refractivity (Wildman–Crippen MR) is 64.7 cm³/mol. The summed E-state index contributed by atoms with van der Waals surface area (Å²) in [5.41, 5.74) is 0. The van der Waals surface area contributed by atoms with Crippen LogP contribution in [-0.2, 0) is 19.6 Å². The van der Waals surface area contributed by atoms with Crippen molar-refractivity contribution in [2.24, 2.45) is 0 Å². The fourth-order valence-electron chi connectivity index (χ4n) is 1.00. The Morgan fingerprint density at radius 1 is 1.50 bits per heavy atom. The highest BCUT2D eigenvalue weighted by molar-refractivity contribution is 7.91. The van der Waals surface area contributed by atoms with Gasteiger partial charge in [0.1, 0.15) is 10.3 Å². The minimum absolute atomic E-state index is 0.0987. The van der Waals surface area contributed by atoms with Gasteiger partial charge in [-0.1, -0.05) is 6.07 Å². The maximum Gasteiger partial charge on any atom is 0.325 e. The third kappa shape index (κ3) is 4.09. The lowest BCUT2D eigenvalue weighted by Gasteiger charge is -2.09. The number of rotatable bonds is 6. The van der Waals surface area contributed by atoms with Gasteiger partial charge in [0, 0.05) is 0 Å². The van der Waals surface area contributed by atoms with Crippen molar-refractivity contribution >= 4 is 33.2 Å². The first-order valence-corrected chi connectivity index (χ1v) is 7.24. The molecule has 0 saturated carbocycles. The van der Waals surface area contributed by atoms with E-state index >= 15 is 0 Å². The largest absolute Gasteiger partial charge is 0.480 e. The average Bonchev–Trinajstić information content (AvgIpc) is 2.80. The van der Waals surface area contributed by atoms with Crippen molar-refractivity contribution in [3.05, 3.63) is 17.5 Å². The molecule has 1 rings (SSSR count). The number of carboxylic acids is 1. The number of thiophene rings is 1. The third-order valence-corrected chi connectivity index (χ3v) is 4.73. The summed E-state index contributed by atoms with van der Waals surface area (Å²) in [6.45, 7) is 0.784. The summed E-state index contributed by atoms with van der Waals surface area (Å²) in [4.78, 5) is 21.7. The lowest BCUT2D eigenvalue weighted by molar-refractivity contribution is -0.141. The molecule has 3 N–H and O–H groups in total. The Hall–Kier alpha value is -1.45. The number of sulfonamides is 1. The van der Waals surface area contributed by atoms with Crippen LogP contribution in [0.5, 0.6) is 0 Å². The smallest absolute Gasteiger partial charge is 0.325 e. The van der Waals surface area contributed by atoms with Crippen LogP contribution < -0.4 is 10.0 Å². The Kier molecular flexibility index (Phi) is 4.82. The Labute approximate surface area is 108 Å². The Morgan fingerprint density at radius 2 is 2.17 bits per heavy atom. The van der Waals surface area contributed by atoms with Crippen LogP contribution in [0, 0.1) is 0 Å². The summed E-state index contributed by atoms with van der Waals surface area (Å²) in [6, 6.07) is 1.92. The molecule has 0 saturated heterocycles. The zero-order valence-electron chi connectivity index (χ0n) is 9.41. The van der Waals surface area contributed by atoms with E-state index in [1.165, 1.54) is 13.0 Å². The van der Waals surface area contributed by atoms with E-state index in [2.05, 4.69) is 10.0 Å². The SMILES string of the molecule is C[C@@H](NC(=O)CNS(=O)(=O)c1cccs1)C(=O)O. The summed E-state index contributed by atoms with van der Waals surface area (Å²) >= 11 is 1.02. The molecule has 18 heavy (non-hydrogen) atoms. The molecule has 0 aliphatic rings. The molecule has 100 valence electrons. The molecule has 1 atom stereocenters. The van der Waals surface area contributed by atoms with Gasteiger partial charge in [-0.25, -0.2) is 13.1 Å². The number of carboxylic acid groups (broad SMARTS) is 1. The van der Waals surface area contributed by atoms with Crippen molar-refractivity contribution in [3.8, 4) is 0 Å². The third-order valence-electron chi connectivity index (χ3n) is 1.93. The van der Waals surface area contributed by atoms with E-state index < -0.39 is 34.5 Å². The molecule has 0 bridgehead atoms. The Balaban J connectivity index is 2.51. The summed E-state index contributed by atoms with van der Waals surface area (Å²) in [5, 5.41) is 12.3. The molecule has 1 aromatic rings. The number of hydrogen-bond acceptors (Lipinski definition) is 5. The number of carbonyl (C=O) groups is 2. The first-order valence-electron chi connectivity index (χ1n) is 4.88. The molecular formula is C9H12N2O5S2. The molecule has 0 fully saturated rings. The van der Waals surface area contributed by atoms with Gasteiger partial charge in [-0.3, -0.25) is 9.59 Å². The van der Waals surface area contributed by atoms with Gasteiger partial charge in [-0.2, -0.15) is 0 Å². The van der Waals surface area contributed by atoms with E-state index in [1.54, 1.807) is 11.4 Å². The lowest BCUT2D eigenvalue weighted by atomic mass is 10.3. The molecule has 0 unspecified atom stereocenters. The van der Waals surface area contributed by atoms with E-state index in [1.807, 2.05) is 0 Å². The highest BCUT2D eigenvalue weighted by atomic mass is 32.2. The zero-order valence-corrected chi connectivity index (χ0v) is 11.0. The molecular weight excluding hydrogens is 280 g/mol. The quantitative estimate of drug-likeness (QED) is 0.661. The minimum atomic E-state index is -3.71. The number of amides is 1. The number of nitrogens with one attached hydrogen (secondary N) is 2. The van der Waals surface area contributed by atoms with Gasteiger partial charge >= 0.3 is 5.97 Å². The minimum Gasteiger partial charge on any atom is -0.480 e. The van der Waals surface area contributed by atoms with Crippen molar-refractivity contribution in [1.29, 1.82) is 0 Å². The Morgan fingerprint density at radius 3 is 2.67 bits per heavy atom. The maximum absolute atomic E-state index is 11.6. The first-order chi connectivity index (χ1) is 8.33. The van der Waals surface area contributed by atoms with E-state index in [0.717, 1.165) is 11.3 Å². The van der Waals surface area contributed by atoms with Crippen molar-refractivity contribution in [2.45, 2.75) is 17.2 Å². The van der Waals surface area contributed by atoms with E-state index in [4.69, 9.17) is 5.11 Å². The number of hydrogen-bond donors (Lipinski definition) is 3. The van der Waals surface area contributed by atoms with Crippen molar-refractivity contribution in [1.82, 2.24) is 10.0 Å². The molecule has 0 aromatic carbocycles. The van der Waals surface area contributed by atoms with Crippen molar-refractivity contribution in [3.63, 3.8) is 0 Å². The van der Waals surface area contributed by atoms with E-state index in [-0.39, 0.29) is 4.21 Å². The van der Waals surface area contributed by atoms with Gasteiger partial charge < -0.3 is 10.4 Å². The number of aliphatic carboxylic acids is 1. The van der Waals surface area contributed by atoms with Crippen LogP contribution in [0.15, 0.2) is 21.7 Å². The molecule has 9 heteroatoms. The van der Waals surface area contributed by atoms with Crippen LogP contribution in [0.1, 0.15) is 6.92 Å². The zero-order chi connectivity index (χ0) is 13.8. The molecule has 1 amide bonds. The fourth-order valence-corrected chi connectivity index (χ4v) is 3.02. The Bertz CT molecular complexity index is 523. The van der Waals surface area contributed by atoms with Crippen LogP contribution in [-0.4, -0.2) is 38.0 Å². The molecule has 0 spiro atoms. The molecule has 0 radical (unpaired) electrons. The number of carbonyl (C=O) groups excluding carboxylic acids is 1. The summed E-state index contributed by atoms with van der Waals surface area (Å²) in [5.74, 6) is -1.89. The van der Waals surface area contributed by atoms with E-state index in [0.29, 0.717) is 0 Å². The maximum atomic E-state index is 11.6. The molecule has 0 aliphatic heterocycles. The van der Waals surface area contributed by atoms with Crippen LogP contribution in [0.2, 0.25) is 0 Å².